The lowest BCUT2D eigenvalue weighted by atomic mass is 9.96. The topological polar surface area (TPSA) is 455 Å². The predicted molar refractivity (Wildman–Crippen MR) is 248 cm³/mol. The van der Waals surface area contributed by atoms with Crippen molar-refractivity contribution in [3.8, 4) is 0 Å². The molecule has 0 fully saturated rings. The second-order valence-electron chi connectivity index (χ2n) is 15.7. The van der Waals surface area contributed by atoms with Crippen molar-refractivity contribution in [3.63, 3.8) is 0 Å². The van der Waals surface area contributed by atoms with Crippen molar-refractivity contribution in [3.05, 3.63) is 18.2 Å². The molecular weight excluding hydrogens is 939 g/mol. The molecule has 1 aromatic rings. The molecule has 1 rings (SSSR count). The fourth-order valence-electron chi connectivity index (χ4n) is 6.03. The van der Waals surface area contributed by atoms with Crippen LogP contribution in [0, 0.1) is 5.92 Å². The molecule has 9 amide bonds. The first-order chi connectivity index (χ1) is 32.1. The highest BCUT2D eigenvalue weighted by Crippen LogP contribution is 2.12. The Kier molecular flexibility index (Phi) is 28.0. The van der Waals surface area contributed by atoms with E-state index in [1.54, 1.807) is 13.8 Å². The van der Waals surface area contributed by atoms with Crippen LogP contribution in [0.25, 0.3) is 0 Å². The van der Waals surface area contributed by atoms with E-state index in [1.807, 2.05) is 0 Å². The third-order valence-corrected chi connectivity index (χ3v) is 11.1. The number of aromatic amines is 1. The quantitative estimate of drug-likeness (QED) is 0.0230. The number of carboxylic acid groups (broad SMARTS) is 1. The lowest BCUT2D eigenvalue weighted by Crippen LogP contribution is -2.62. The molecule has 0 saturated carbocycles. The summed E-state index contributed by atoms with van der Waals surface area (Å²) in [4.78, 5) is 137. The number of amides is 9. The van der Waals surface area contributed by atoms with E-state index < -0.39 is 152 Å². The normalized spacial score (nSPS) is 16.0. The molecule has 0 aliphatic heterocycles. The van der Waals surface area contributed by atoms with E-state index in [-0.39, 0.29) is 37.3 Å². The second-order valence-corrected chi connectivity index (χ2v) is 16.4. The van der Waals surface area contributed by atoms with Crippen LogP contribution >= 0.6 is 25.3 Å². The number of primary amides is 1. The highest BCUT2D eigenvalue weighted by Gasteiger charge is 2.37. The van der Waals surface area contributed by atoms with Gasteiger partial charge in [0.2, 0.25) is 53.2 Å². The molecule has 1 aromatic heterocycles. The Morgan fingerprint density at radius 1 is 0.662 bits per heavy atom. The number of unbranched alkanes of at least 4 members (excludes halogenated alkanes) is 1. The van der Waals surface area contributed by atoms with Gasteiger partial charge < -0.3 is 85.1 Å². The number of hydrogen-bond donors (Lipinski definition) is 18. The largest absolute Gasteiger partial charge is 0.480 e. The third-order valence-electron chi connectivity index (χ3n) is 10.3. The summed E-state index contributed by atoms with van der Waals surface area (Å²) in [5, 5.41) is 58.6. The van der Waals surface area contributed by atoms with Crippen LogP contribution < -0.4 is 59.7 Å². The minimum Gasteiger partial charge on any atom is -0.480 e. The summed E-state index contributed by atoms with van der Waals surface area (Å²) in [7, 11) is 0. The summed E-state index contributed by atoms with van der Waals surface area (Å²) in [5.41, 5.74) is 16.9. The van der Waals surface area contributed by atoms with Gasteiger partial charge >= 0.3 is 5.97 Å². The summed E-state index contributed by atoms with van der Waals surface area (Å²) >= 11 is 7.82. The van der Waals surface area contributed by atoms with Gasteiger partial charge in [-0.15, -0.1) is 0 Å². The first kappa shape index (κ1) is 60.4. The number of nitrogens with two attached hydrogens (primary N) is 3. The van der Waals surface area contributed by atoms with Crippen LogP contribution in [0.3, 0.4) is 0 Å². The first-order valence-electron chi connectivity index (χ1n) is 21.6. The molecule has 1 heterocycles. The van der Waals surface area contributed by atoms with Crippen LogP contribution in [0.15, 0.2) is 12.5 Å². The molecule has 0 bridgehead atoms. The van der Waals surface area contributed by atoms with Gasteiger partial charge in [0.1, 0.15) is 48.3 Å². The number of aliphatic hydroxyl groups excluding tert-OH is 3. The molecule has 0 spiro atoms. The molecule has 0 aliphatic rings. The number of imidazole rings is 1. The van der Waals surface area contributed by atoms with Crippen LogP contribution in [0.2, 0.25) is 0 Å². The lowest BCUT2D eigenvalue weighted by molar-refractivity contribution is -0.142. The molecule has 19 N–H and O–H groups in total. The molecule has 384 valence electrons. The van der Waals surface area contributed by atoms with Crippen molar-refractivity contribution >= 4 is 84.4 Å². The Hall–Kier alpha value is -5.59. The van der Waals surface area contributed by atoms with Crippen LogP contribution in [-0.4, -0.2) is 181 Å². The number of carbonyl (C=O) groups excluding carboxylic acids is 9. The zero-order chi connectivity index (χ0) is 51.7. The number of carbonyl (C=O) groups is 10. The van der Waals surface area contributed by atoms with Gasteiger partial charge in [0.05, 0.1) is 31.7 Å². The van der Waals surface area contributed by atoms with Crippen molar-refractivity contribution in [2.24, 2.45) is 23.1 Å². The smallest absolute Gasteiger partial charge is 0.327 e. The molecule has 27 nitrogen and oxygen atoms in total. The van der Waals surface area contributed by atoms with Crippen molar-refractivity contribution in [2.45, 2.75) is 126 Å². The van der Waals surface area contributed by atoms with Gasteiger partial charge in [0, 0.05) is 36.2 Å². The van der Waals surface area contributed by atoms with Crippen molar-refractivity contribution < 1.29 is 68.4 Å². The van der Waals surface area contributed by atoms with Crippen LogP contribution in [0.1, 0.15) is 65.0 Å². The average Bonchev–Trinajstić information content (AvgIpc) is 3.82. The fraction of sp³-hybridized carbons (Fsp3) is 0.667. The lowest BCUT2D eigenvalue weighted by Gasteiger charge is -2.30. The number of aromatic nitrogens is 2. The summed E-state index contributed by atoms with van der Waals surface area (Å²) in [6.07, 6.45) is 0.797. The second kappa shape index (κ2) is 31.5. The monoisotopic (exact) mass is 1010 g/mol. The van der Waals surface area contributed by atoms with Crippen molar-refractivity contribution in [1.82, 2.24) is 52.5 Å². The van der Waals surface area contributed by atoms with Gasteiger partial charge in [-0.3, -0.25) is 43.2 Å². The number of aliphatic hydroxyl groups is 3. The molecule has 11 atom stereocenters. The van der Waals surface area contributed by atoms with Gasteiger partial charge in [0.25, 0.3) is 0 Å². The Morgan fingerprint density at radius 3 is 1.60 bits per heavy atom. The maximum atomic E-state index is 13.9. The van der Waals surface area contributed by atoms with E-state index in [0.717, 1.165) is 6.92 Å². The number of thiol groups is 2. The standard InChI is InChI=1S/C39H67N13O14S2/c1-4-18(2)29(37(63)52-30(19(3)55)38(64)50-27(16-68)39(65)66)51-33(59)23(8-9-28(42)56)46-36(62)26(14-54)49-34(60)24(11-20-12-43-17-44-20)47-32(58)22(7-5-6-10-40)45-35(61)25(13-53)48-31(57)21(41)15-67/h12,17-19,21-27,29-30,53-55,67-68H,4-11,13-16,40-41H2,1-3H3,(H2,42,56)(H,43,44)(H,45,61)(H,46,62)(H,47,58)(H,48,57)(H,49,60)(H,50,64)(H,51,59)(H,52,63)(H,65,66)/t18-,19+,21-,22-,23-,24-,25-,26-,27-,29-,30-/m0/s1. The van der Waals surface area contributed by atoms with Gasteiger partial charge in [0.15, 0.2) is 0 Å². The maximum absolute atomic E-state index is 13.9. The Labute approximate surface area is 403 Å². The van der Waals surface area contributed by atoms with Gasteiger partial charge in [-0.25, -0.2) is 9.78 Å². The summed E-state index contributed by atoms with van der Waals surface area (Å²) < 4.78 is 0. The minimum atomic E-state index is -1.82. The van der Waals surface area contributed by atoms with Gasteiger partial charge in [-0.05, 0) is 45.1 Å². The van der Waals surface area contributed by atoms with Gasteiger partial charge in [-0.1, -0.05) is 20.3 Å². The van der Waals surface area contributed by atoms with E-state index in [0.29, 0.717) is 18.5 Å². The first-order valence-corrected chi connectivity index (χ1v) is 22.8. The van der Waals surface area contributed by atoms with E-state index in [1.165, 1.54) is 12.5 Å². The van der Waals surface area contributed by atoms with Crippen LogP contribution in [0.5, 0.6) is 0 Å². The van der Waals surface area contributed by atoms with E-state index in [2.05, 4.69) is 77.8 Å². The number of aliphatic carboxylic acids is 1. The number of nitrogens with one attached hydrogen (secondary N) is 9. The van der Waals surface area contributed by atoms with Crippen molar-refractivity contribution in [2.75, 3.05) is 31.3 Å². The SMILES string of the molecule is CC[C@H](C)[C@H](NC(=O)[C@H](CCC(N)=O)NC(=O)[C@H](CO)NC(=O)[C@H](Cc1cnc[nH]1)NC(=O)[C@H](CCCCN)NC(=O)[C@H](CO)NC(=O)[C@@H](N)CS)C(=O)N[C@H](C(=O)N[C@@H](CS)C(=O)O)[C@@H](C)O. The third kappa shape index (κ3) is 20.7. The molecule has 68 heavy (non-hydrogen) atoms. The minimum absolute atomic E-state index is 0.0223. The molecule has 0 unspecified atom stereocenters. The van der Waals surface area contributed by atoms with Crippen molar-refractivity contribution in [1.29, 1.82) is 0 Å². The summed E-state index contributed by atoms with van der Waals surface area (Å²) in [6, 6.07) is -13.7. The number of hydrogen-bond acceptors (Lipinski definition) is 18. The number of carboxylic acids is 1. The predicted octanol–water partition coefficient (Wildman–Crippen LogP) is -7.09. The maximum Gasteiger partial charge on any atom is 0.327 e. The number of nitrogens with zero attached hydrogens (tertiary/aromatic N) is 1. The molecule has 0 aliphatic carbocycles. The molecule has 29 heteroatoms. The molecular formula is C39H67N13O14S2. The molecule has 0 saturated heterocycles. The zero-order valence-corrected chi connectivity index (χ0v) is 39.7. The van der Waals surface area contributed by atoms with E-state index in [9.17, 15) is 68.4 Å². The zero-order valence-electron chi connectivity index (χ0n) is 37.9. The number of H-pyrrole nitrogens is 1. The molecule has 0 aromatic carbocycles. The highest BCUT2D eigenvalue weighted by atomic mass is 32.1. The molecule has 0 radical (unpaired) electrons. The fourth-order valence-corrected chi connectivity index (χ4v) is 6.45. The summed E-state index contributed by atoms with van der Waals surface area (Å²) in [5.74, 6) is -11.4. The Balaban J connectivity index is 3.41. The number of rotatable bonds is 33. The highest BCUT2D eigenvalue weighted by molar-refractivity contribution is 7.80. The Bertz CT molecular complexity index is 1850. The van der Waals surface area contributed by atoms with Gasteiger partial charge in [-0.2, -0.15) is 25.3 Å². The van der Waals surface area contributed by atoms with Crippen LogP contribution in [0.4, 0.5) is 0 Å². The van der Waals surface area contributed by atoms with E-state index in [4.69, 9.17) is 17.2 Å². The Morgan fingerprint density at radius 2 is 1.13 bits per heavy atom. The van der Waals surface area contributed by atoms with E-state index >= 15 is 0 Å². The average molecular weight is 1010 g/mol. The van der Waals surface area contributed by atoms with Crippen LogP contribution in [-0.2, 0) is 54.4 Å². The summed E-state index contributed by atoms with van der Waals surface area (Å²) in [6.45, 7) is 2.65.